The van der Waals surface area contributed by atoms with E-state index in [9.17, 15) is 18.4 Å². The molecule has 0 radical (unpaired) electrons. The molecule has 2 N–H and O–H groups in total. The maximum atomic E-state index is 12.2. The molecule has 0 aliphatic carbocycles. The summed E-state index contributed by atoms with van der Waals surface area (Å²) in [6, 6.07) is 9.02. The van der Waals surface area contributed by atoms with E-state index in [-0.39, 0.29) is 23.1 Å². The number of carbonyl (C=O) groups excluding carboxylic acids is 2. The van der Waals surface area contributed by atoms with Gasteiger partial charge in [-0.2, -0.15) is 8.78 Å². The molecule has 27 heavy (non-hydrogen) atoms. The average molecular weight is 433 g/mol. The van der Waals surface area contributed by atoms with Crippen LogP contribution in [0, 0.1) is 0 Å². The van der Waals surface area contributed by atoms with Crippen molar-refractivity contribution >= 4 is 58.2 Å². The minimum absolute atomic E-state index is 0.0660. The fraction of sp³-hybridized carbons (Fsp3) is 0.176. The van der Waals surface area contributed by atoms with Crippen LogP contribution in [0.3, 0.4) is 0 Å². The molecule has 2 aromatic carbocycles. The van der Waals surface area contributed by atoms with E-state index in [1.54, 1.807) is 18.2 Å². The molecular formula is C17H12Cl2F2N2O3S. The molecule has 0 saturated heterocycles. The van der Waals surface area contributed by atoms with Crippen LogP contribution in [0.15, 0.2) is 41.3 Å². The molecule has 142 valence electrons. The third-order valence-corrected chi connectivity index (χ3v) is 5.37. The van der Waals surface area contributed by atoms with Crippen LogP contribution in [0.2, 0.25) is 10.0 Å². The molecule has 0 bridgehead atoms. The van der Waals surface area contributed by atoms with Crippen LogP contribution in [-0.2, 0) is 9.59 Å². The minimum Gasteiger partial charge on any atom is -0.433 e. The Morgan fingerprint density at radius 2 is 2.04 bits per heavy atom. The highest BCUT2D eigenvalue weighted by atomic mass is 35.5. The molecule has 10 heteroatoms. The molecule has 2 amide bonds. The minimum atomic E-state index is -3.00. The second-order valence-corrected chi connectivity index (χ2v) is 7.60. The van der Waals surface area contributed by atoms with E-state index in [4.69, 9.17) is 23.2 Å². The fourth-order valence-corrected chi connectivity index (χ4v) is 3.90. The number of benzene rings is 2. The maximum absolute atomic E-state index is 12.2. The number of rotatable bonds is 5. The van der Waals surface area contributed by atoms with Crippen molar-refractivity contribution in [2.75, 3.05) is 10.6 Å². The summed E-state index contributed by atoms with van der Waals surface area (Å²) in [4.78, 5) is 25.3. The number of ether oxygens (including phenoxy) is 1. The number of thioether (sulfide) groups is 1. The summed E-state index contributed by atoms with van der Waals surface area (Å²) >= 11 is 13.0. The van der Waals surface area contributed by atoms with E-state index in [2.05, 4.69) is 15.4 Å². The first-order valence-corrected chi connectivity index (χ1v) is 9.26. The number of hydrogen-bond acceptors (Lipinski definition) is 4. The predicted octanol–water partition coefficient (Wildman–Crippen LogP) is 5.04. The quantitative estimate of drug-likeness (QED) is 0.694. The molecular weight excluding hydrogens is 421 g/mol. The molecule has 2 aromatic rings. The zero-order valence-electron chi connectivity index (χ0n) is 13.5. The zero-order chi connectivity index (χ0) is 19.6. The van der Waals surface area contributed by atoms with Gasteiger partial charge in [-0.1, -0.05) is 23.2 Å². The molecule has 0 spiro atoms. The first kappa shape index (κ1) is 19.7. The molecule has 1 aliphatic rings. The van der Waals surface area contributed by atoms with Gasteiger partial charge >= 0.3 is 6.61 Å². The van der Waals surface area contributed by atoms with E-state index in [1.807, 2.05) is 0 Å². The lowest BCUT2D eigenvalue weighted by Crippen LogP contribution is -2.32. The number of fused-ring (bicyclic) bond motifs is 1. The van der Waals surface area contributed by atoms with Crippen LogP contribution >= 0.6 is 35.0 Å². The highest BCUT2D eigenvalue weighted by Gasteiger charge is 2.29. The molecule has 1 aliphatic heterocycles. The lowest BCUT2D eigenvalue weighted by Gasteiger charge is -2.23. The van der Waals surface area contributed by atoms with E-state index >= 15 is 0 Å². The van der Waals surface area contributed by atoms with Crippen molar-refractivity contribution in [3.8, 4) is 5.75 Å². The zero-order valence-corrected chi connectivity index (χ0v) is 15.8. The van der Waals surface area contributed by atoms with Crippen LogP contribution in [-0.4, -0.2) is 23.7 Å². The lowest BCUT2D eigenvalue weighted by molar-refractivity contribution is -0.120. The van der Waals surface area contributed by atoms with Gasteiger partial charge in [0.15, 0.2) is 0 Å². The number of alkyl halides is 2. The largest absolute Gasteiger partial charge is 0.433 e. The first-order valence-electron chi connectivity index (χ1n) is 7.63. The van der Waals surface area contributed by atoms with E-state index in [1.165, 1.54) is 30.0 Å². The second-order valence-electron chi connectivity index (χ2n) is 5.51. The van der Waals surface area contributed by atoms with E-state index in [0.717, 1.165) is 4.90 Å². The van der Waals surface area contributed by atoms with Crippen LogP contribution in [0.1, 0.15) is 6.42 Å². The Hall–Kier alpha value is -2.03. The second kappa shape index (κ2) is 8.33. The number of nitrogens with one attached hydrogen (secondary N) is 2. The number of halogens is 4. The SMILES string of the molecule is O=C(CC1Sc2ccc(Cl)cc2NC1=O)Nc1ccc(OC(F)F)c(Cl)c1. The van der Waals surface area contributed by atoms with Crippen molar-refractivity contribution in [1.82, 2.24) is 0 Å². The summed E-state index contributed by atoms with van der Waals surface area (Å²) < 4.78 is 28.7. The highest BCUT2D eigenvalue weighted by molar-refractivity contribution is 8.01. The van der Waals surface area contributed by atoms with Crippen molar-refractivity contribution in [2.45, 2.75) is 23.2 Å². The number of anilines is 2. The monoisotopic (exact) mass is 432 g/mol. The molecule has 1 unspecified atom stereocenters. The average Bonchev–Trinajstić information content (AvgIpc) is 2.58. The Morgan fingerprint density at radius 1 is 1.26 bits per heavy atom. The molecule has 0 aromatic heterocycles. The molecule has 3 rings (SSSR count). The normalized spacial score (nSPS) is 15.9. The summed E-state index contributed by atoms with van der Waals surface area (Å²) in [5, 5.41) is 5.13. The van der Waals surface area contributed by atoms with Crippen LogP contribution < -0.4 is 15.4 Å². The summed E-state index contributed by atoms with van der Waals surface area (Å²) in [6.07, 6.45) is -0.0779. The van der Waals surface area contributed by atoms with Gasteiger partial charge in [0.2, 0.25) is 11.8 Å². The van der Waals surface area contributed by atoms with Gasteiger partial charge < -0.3 is 15.4 Å². The van der Waals surface area contributed by atoms with Crippen LogP contribution in [0.4, 0.5) is 20.2 Å². The van der Waals surface area contributed by atoms with Gasteiger partial charge in [-0.3, -0.25) is 9.59 Å². The smallest absolute Gasteiger partial charge is 0.387 e. The van der Waals surface area contributed by atoms with Gasteiger partial charge in [0, 0.05) is 22.0 Å². The summed E-state index contributed by atoms with van der Waals surface area (Å²) in [5.41, 5.74) is 0.913. The lowest BCUT2D eigenvalue weighted by atomic mass is 10.2. The Kier molecular flexibility index (Phi) is 6.08. The Balaban J connectivity index is 1.63. The van der Waals surface area contributed by atoms with E-state index < -0.39 is 17.8 Å². The Bertz CT molecular complexity index is 898. The number of amides is 2. The third-order valence-electron chi connectivity index (χ3n) is 3.56. The molecule has 0 saturated carbocycles. The summed E-state index contributed by atoms with van der Waals surface area (Å²) in [5.74, 6) is -0.913. The van der Waals surface area contributed by atoms with Gasteiger partial charge in [-0.05, 0) is 36.4 Å². The molecule has 1 heterocycles. The third kappa shape index (κ3) is 5.03. The van der Waals surface area contributed by atoms with Crippen LogP contribution in [0.25, 0.3) is 0 Å². The molecule has 1 atom stereocenters. The van der Waals surface area contributed by atoms with Gasteiger partial charge in [0.1, 0.15) is 5.75 Å². The van der Waals surface area contributed by atoms with Gasteiger partial charge in [-0.25, -0.2) is 0 Å². The molecule has 5 nitrogen and oxygen atoms in total. The van der Waals surface area contributed by atoms with E-state index in [0.29, 0.717) is 16.4 Å². The van der Waals surface area contributed by atoms with Crippen molar-refractivity contribution in [1.29, 1.82) is 0 Å². The van der Waals surface area contributed by atoms with Crippen molar-refractivity contribution in [3.63, 3.8) is 0 Å². The highest BCUT2D eigenvalue weighted by Crippen LogP contribution is 2.38. The van der Waals surface area contributed by atoms with Crippen molar-refractivity contribution < 1.29 is 23.1 Å². The number of hydrogen-bond donors (Lipinski definition) is 2. The number of carbonyl (C=O) groups is 2. The first-order chi connectivity index (χ1) is 12.8. The van der Waals surface area contributed by atoms with Crippen LogP contribution in [0.5, 0.6) is 5.75 Å². The van der Waals surface area contributed by atoms with Crippen molar-refractivity contribution in [3.05, 3.63) is 46.4 Å². The summed E-state index contributed by atoms with van der Waals surface area (Å²) in [6.45, 7) is -3.00. The van der Waals surface area contributed by atoms with Gasteiger partial charge in [0.25, 0.3) is 0 Å². The molecule has 0 fully saturated rings. The standard InChI is InChI=1S/C17H12Cl2F2N2O3S/c18-8-1-4-13-11(5-8)23-16(25)14(27-13)7-15(24)22-9-2-3-12(10(19)6-9)26-17(20)21/h1-6,14,17H,7H2,(H,22,24)(H,23,25). The predicted molar refractivity (Wildman–Crippen MR) is 101 cm³/mol. The fourth-order valence-electron chi connectivity index (χ4n) is 2.41. The Morgan fingerprint density at radius 3 is 2.74 bits per heavy atom. The Labute approximate surface area is 167 Å². The van der Waals surface area contributed by atoms with Gasteiger partial charge in [-0.15, -0.1) is 11.8 Å². The topological polar surface area (TPSA) is 67.4 Å². The van der Waals surface area contributed by atoms with Crippen molar-refractivity contribution in [2.24, 2.45) is 0 Å². The maximum Gasteiger partial charge on any atom is 0.387 e. The summed E-state index contributed by atoms with van der Waals surface area (Å²) in [7, 11) is 0. The van der Waals surface area contributed by atoms with Gasteiger partial charge in [0.05, 0.1) is 16.0 Å².